The van der Waals surface area contributed by atoms with E-state index in [0.29, 0.717) is 17.5 Å². The van der Waals surface area contributed by atoms with Gasteiger partial charge in [0.25, 0.3) is 5.56 Å². The van der Waals surface area contributed by atoms with E-state index < -0.39 is 6.04 Å². The second-order valence-corrected chi connectivity index (χ2v) is 6.38. The SMILES string of the molecule is CC[C@H](C(=O)Nc1ccc(OC)cc1)n1sc2ccccc2c1=O. The maximum Gasteiger partial charge on any atom is 0.269 e. The summed E-state index contributed by atoms with van der Waals surface area (Å²) in [5, 5.41) is 3.52. The van der Waals surface area contributed by atoms with Gasteiger partial charge in [-0.25, -0.2) is 0 Å². The number of fused-ring (bicyclic) bond motifs is 1. The number of rotatable bonds is 5. The minimum absolute atomic E-state index is 0.118. The van der Waals surface area contributed by atoms with Gasteiger partial charge in [-0.05, 0) is 42.8 Å². The molecule has 3 rings (SSSR count). The van der Waals surface area contributed by atoms with Gasteiger partial charge in [-0.15, -0.1) is 0 Å². The van der Waals surface area contributed by atoms with Gasteiger partial charge in [0.15, 0.2) is 0 Å². The van der Waals surface area contributed by atoms with Crippen molar-refractivity contribution >= 4 is 33.2 Å². The lowest BCUT2D eigenvalue weighted by Crippen LogP contribution is -2.29. The number of anilines is 1. The Bertz CT molecular complexity index is 912. The van der Waals surface area contributed by atoms with E-state index in [0.717, 1.165) is 10.4 Å². The summed E-state index contributed by atoms with van der Waals surface area (Å²) in [7, 11) is 1.59. The van der Waals surface area contributed by atoms with Crippen LogP contribution in [-0.4, -0.2) is 17.0 Å². The number of nitrogens with one attached hydrogen (secondary N) is 1. The first-order chi connectivity index (χ1) is 11.6. The van der Waals surface area contributed by atoms with E-state index in [1.165, 1.54) is 11.5 Å². The van der Waals surface area contributed by atoms with Crippen molar-refractivity contribution in [1.29, 1.82) is 0 Å². The third-order valence-electron chi connectivity index (χ3n) is 3.84. The number of methoxy groups -OCH3 is 1. The minimum atomic E-state index is -0.531. The number of aromatic nitrogens is 1. The van der Waals surface area contributed by atoms with Crippen molar-refractivity contribution in [2.24, 2.45) is 0 Å². The van der Waals surface area contributed by atoms with Crippen molar-refractivity contribution in [3.63, 3.8) is 0 Å². The lowest BCUT2D eigenvalue weighted by molar-refractivity contribution is -0.119. The van der Waals surface area contributed by atoms with Crippen LogP contribution in [-0.2, 0) is 4.79 Å². The molecule has 6 heteroatoms. The van der Waals surface area contributed by atoms with Crippen LogP contribution in [0.2, 0.25) is 0 Å². The van der Waals surface area contributed by atoms with E-state index >= 15 is 0 Å². The molecule has 0 saturated heterocycles. The highest BCUT2D eigenvalue weighted by Gasteiger charge is 2.22. The Morgan fingerprint density at radius 3 is 2.54 bits per heavy atom. The molecule has 1 N–H and O–H groups in total. The molecule has 1 aromatic heterocycles. The average Bonchev–Trinajstić information content (AvgIpc) is 2.93. The van der Waals surface area contributed by atoms with Crippen molar-refractivity contribution < 1.29 is 9.53 Å². The topological polar surface area (TPSA) is 60.3 Å². The molecule has 1 heterocycles. The summed E-state index contributed by atoms with van der Waals surface area (Å²) in [5.41, 5.74) is 0.556. The van der Waals surface area contributed by atoms with E-state index in [4.69, 9.17) is 4.74 Å². The molecule has 0 spiro atoms. The van der Waals surface area contributed by atoms with E-state index in [-0.39, 0.29) is 11.5 Å². The molecule has 3 aromatic rings. The van der Waals surface area contributed by atoms with Crippen molar-refractivity contribution in [2.45, 2.75) is 19.4 Å². The third kappa shape index (κ3) is 3.05. The average molecular weight is 342 g/mol. The Labute approximate surface area is 143 Å². The first-order valence-corrected chi connectivity index (χ1v) is 8.47. The van der Waals surface area contributed by atoms with Crippen molar-refractivity contribution in [1.82, 2.24) is 3.96 Å². The van der Waals surface area contributed by atoms with E-state index in [2.05, 4.69) is 5.32 Å². The highest BCUT2D eigenvalue weighted by Crippen LogP contribution is 2.23. The van der Waals surface area contributed by atoms with Gasteiger partial charge in [0.05, 0.1) is 17.2 Å². The maximum atomic E-state index is 12.6. The van der Waals surface area contributed by atoms with Crippen LogP contribution >= 0.6 is 11.5 Å². The molecule has 0 radical (unpaired) electrons. The molecule has 124 valence electrons. The minimum Gasteiger partial charge on any atom is -0.497 e. The molecule has 5 nitrogen and oxygen atoms in total. The van der Waals surface area contributed by atoms with Gasteiger partial charge in [0, 0.05) is 5.69 Å². The maximum absolute atomic E-state index is 12.6. The van der Waals surface area contributed by atoms with Crippen molar-refractivity contribution in [2.75, 3.05) is 12.4 Å². The molecule has 0 aliphatic heterocycles. The molecule has 0 aliphatic carbocycles. The van der Waals surface area contributed by atoms with Crippen LogP contribution in [0.4, 0.5) is 5.69 Å². The molecule has 0 unspecified atom stereocenters. The summed E-state index contributed by atoms with van der Waals surface area (Å²) < 4.78 is 7.55. The van der Waals surface area contributed by atoms with Crippen LogP contribution in [0, 0.1) is 0 Å². The smallest absolute Gasteiger partial charge is 0.269 e. The number of hydrogen-bond donors (Lipinski definition) is 1. The van der Waals surface area contributed by atoms with Crippen LogP contribution in [0.1, 0.15) is 19.4 Å². The Kier molecular flexibility index (Phi) is 4.66. The summed E-state index contributed by atoms with van der Waals surface area (Å²) in [4.78, 5) is 25.2. The number of carbonyl (C=O) groups is 1. The van der Waals surface area contributed by atoms with Crippen LogP contribution in [0.15, 0.2) is 53.3 Å². The second kappa shape index (κ2) is 6.88. The molecular formula is C18H18N2O3S. The van der Waals surface area contributed by atoms with Gasteiger partial charge in [-0.3, -0.25) is 13.5 Å². The first-order valence-electron chi connectivity index (χ1n) is 7.69. The van der Waals surface area contributed by atoms with Gasteiger partial charge in [0.2, 0.25) is 5.91 Å². The number of nitrogens with zero attached hydrogens (tertiary/aromatic N) is 1. The lowest BCUT2D eigenvalue weighted by atomic mass is 10.2. The summed E-state index contributed by atoms with van der Waals surface area (Å²) in [5.74, 6) is 0.525. The largest absolute Gasteiger partial charge is 0.497 e. The summed E-state index contributed by atoms with van der Waals surface area (Å²) in [6.07, 6.45) is 0.536. The van der Waals surface area contributed by atoms with Gasteiger partial charge in [-0.2, -0.15) is 0 Å². The zero-order valence-electron chi connectivity index (χ0n) is 13.5. The van der Waals surface area contributed by atoms with Gasteiger partial charge in [-0.1, -0.05) is 30.6 Å². The van der Waals surface area contributed by atoms with E-state index in [1.807, 2.05) is 25.1 Å². The monoisotopic (exact) mass is 342 g/mol. The van der Waals surface area contributed by atoms with Gasteiger partial charge < -0.3 is 10.1 Å². The standard InChI is InChI=1S/C18H18N2O3S/c1-3-15(17(21)19-12-8-10-13(23-2)11-9-12)20-18(22)14-6-4-5-7-16(14)24-20/h4-11,15H,3H2,1-2H3,(H,19,21)/t15-/m1/s1. The van der Waals surface area contributed by atoms with E-state index in [9.17, 15) is 9.59 Å². The Hall–Kier alpha value is -2.60. The van der Waals surface area contributed by atoms with E-state index in [1.54, 1.807) is 41.4 Å². The van der Waals surface area contributed by atoms with Crippen LogP contribution in [0.25, 0.3) is 10.1 Å². The Morgan fingerprint density at radius 2 is 1.92 bits per heavy atom. The number of ether oxygens (including phenoxy) is 1. The zero-order valence-corrected chi connectivity index (χ0v) is 14.3. The van der Waals surface area contributed by atoms with Crippen molar-refractivity contribution in [3.05, 3.63) is 58.9 Å². The third-order valence-corrected chi connectivity index (χ3v) is 5.01. The van der Waals surface area contributed by atoms with Crippen LogP contribution in [0.3, 0.4) is 0 Å². The molecule has 24 heavy (non-hydrogen) atoms. The highest BCUT2D eigenvalue weighted by molar-refractivity contribution is 7.14. The van der Waals surface area contributed by atoms with Gasteiger partial charge in [0.1, 0.15) is 11.8 Å². The number of amides is 1. The fourth-order valence-electron chi connectivity index (χ4n) is 2.55. The fourth-order valence-corrected chi connectivity index (χ4v) is 3.71. The fraction of sp³-hybridized carbons (Fsp3) is 0.222. The molecule has 1 atom stereocenters. The number of hydrogen-bond acceptors (Lipinski definition) is 4. The molecule has 2 aromatic carbocycles. The first kappa shape index (κ1) is 16.3. The van der Waals surface area contributed by atoms with Gasteiger partial charge >= 0.3 is 0 Å². The number of benzene rings is 2. The molecule has 0 bridgehead atoms. The normalized spacial score (nSPS) is 12.1. The van der Waals surface area contributed by atoms with Crippen LogP contribution in [0.5, 0.6) is 5.75 Å². The molecular weight excluding hydrogens is 324 g/mol. The summed E-state index contributed by atoms with van der Waals surface area (Å²) in [6, 6.07) is 14.0. The number of carbonyl (C=O) groups excluding carboxylic acids is 1. The Morgan fingerprint density at radius 1 is 1.21 bits per heavy atom. The highest BCUT2D eigenvalue weighted by atomic mass is 32.1. The lowest BCUT2D eigenvalue weighted by Gasteiger charge is -2.15. The summed E-state index contributed by atoms with van der Waals surface area (Å²) in [6.45, 7) is 1.90. The molecule has 1 amide bonds. The zero-order chi connectivity index (χ0) is 17.1. The second-order valence-electron chi connectivity index (χ2n) is 5.36. The summed E-state index contributed by atoms with van der Waals surface area (Å²) >= 11 is 1.32. The predicted molar refractivity (Wildman–Crippen MR) is 97.0 cm³/mol. The molecule has 0 saturated carbocycles. The van der Waals surface area contributed by atoms with Crippen molar-refractivity contribution in [3.8, 4) is 5.75 Å². The molecule has 0 fully saturated rings. The quantitative estimate of drug-likeness (QED) is 0.770. The van der Waals surface area contributed by atoms with Crippen LogP contribution < -0.4 is 15.6 Å². The molecule has 0 aliphatic rings. The predicted octanol–water partition coefficient (Wildman–Crippen LogP) is 3.66. The Balaban J connectivity index is 1.87.